The number of carbonyl (C=O) groups excluding carboxylic acids is 2. The molecular formula is C23H26N2O2. The molecule has 1 unspecified atom stereocenters. The molecular weight excluding hydrogens is 336 g/mol. The Bertz CT molecular complexity index is 838. The zero-order valence-electron chi connectivity index (χ0n) is 15.8. The number of anilines is 1. The predicted octanol–water partition coefficient (Wildman–Crippen LogP) is 4.34. The minimum atomic E-state index is -0.0409. The summed E-state index contributed by atoms with van der Waals surface area (Å²) in [6.07, 6.45) is 6.65. The highest BCUT2D eigenvalue weighted by Gasteiger charge is 2.31. The average Bonchev–Trinajstić information content (AvgIpc) is 3.04. The Balaban J connectivity index is 1.47. The van der Waals surface area contributed by atoms with E-state index < -0.39 is 0 Å². The van der Waals surface area contributed by atoms with Crippen LogP contribution >= 0.6 is 0 Å². The third-order valence-electron chi connectivity index (χ3n) is 5.76. The number of fused-ring (bicyclic) bond motifs is 1. The monoisotopic (exact) mass is 362 g/mol. The number of para-hydroxylation sites is 1. The van der Waals surface area contributed by atoms with Crippen molar-refractivity contribution < 1.29 is 9.59 Å². The number of hydrogen-bond donors (Lipinski definition) is 1. The molecule has 1 heterocycles. The van der Waals surface area contributed by atoms with Crippen LogP contribution < -0.4 is 10.2 Å². The zero-order valence-corrected chi connectivity index (χ0v) is 15.8. The van der Waals surface area contributed by atoms with E-state index in [1.807, 2.05) is 23.1 Å². The topological polar surface area (TPSA) is 49.4 Å². The minimum absolute atomic E-state index is 0.00770. The summed E-state index contributed by atoms with van der Waals surface area (Å²) in [5.41, 5.74) is 3.44. The number of amides is 2. The fourth-order valence-corrected chi connectivity index (χ4v) is 4.29. The maximum Gasteiger partial charge on any atom is 0.258 e. The van der Waals surface area contributed by atoms with Crippen molar-refractivity contribution in [2.24, 2.45) is 0 Å². The van der Waals surface area contributed by atoms with Crippen LogP contribution in [0.4, 0.5) is 5.69 Å². The molecule has 4 nitrogen and oxygen atoms in total. The molecule has 0 aromatic heterocycles. The normalized spacial score (nSPS) is 19.6. The molecule has 1 atom stereocenters. The lowest BCUT2D eigenvalue weighted by molar-refractivity contribution is 0.0925. The first kappa shape index (κ1) is 17.8. The molecule has 0 saturated heterocycles. The molecule has 0 radical (unpaired) electrons. The van der Waals surface area contributed by atoms with E-state index in [2.05, 4.69) is 18.3 Å². The van der Waals surface area contributed by atoms with Crippen LogP contribution in [0, 0.1) is 0 Å². The van der Waals surface area contributed by atoms with Crippen molar-refractivity contribution in [1.82, 2.24) is 5.32 Å². The maximum atomic E-state index is 13.0. The van der Waals surface area contributed by atoms with Gasteiger partial charge in [0.25, 0.3) is 11.8 Å². The van der Waals surface area contributed by atoms with Gasteiger partial charge in [0.05, 0.1) is 0 Å². The number of rotatable bonds is 3. The van der Waals surface area contributed by atoms with E-state index >= 15 is 0 Å². The molecule has 0 bridgehead atoms. The van der Waals surface area contributed by atoms with Crippen LogP contribution in [0.3, 0.4) is 0 Å². The number of hydrogen-bond acceptors (Lipinski definition) is 2. The summed E-state index contributed by atoms with van der Waals surface area (Å²) in [5, 5.41) is 3.12. The molecule has 4 rings (SSSR count). The van der Waals surface area contributed by atoms with E-state index in [0.29, 0.717) is 11.1 Å². The SMILES string of the molecule is CC1Cc2ccccc2N1C(=O)c1ccc(C(=O)NC2CCCCC2)cc1. The summed E-state index contributed by atoms with van der Waals surface area (Å²) in [6, 6.07) is 15.6. The minimum Gasteiger partial charge on any atom is -0.349 e. The Morgan fingerprint density at radius 1 is 0.926 bits per heavy atom. The first-order chi connectivity index (χ1) is 13.1. The third-order valence-corrected chi connectivity index (χ3v) is 5.76. The van der Waals surface area contributed by atoms with E-state index in [-0.39, 0.29) is 23.9 Å². The van der Waals surface area contributed by atoms with Crippen molar-refractivity contribution in [2.45, 2.75) is 57.5 Å². The standard InChI is InChI=1S/C23H26N2O2/c1-16-15-19-7-5-6-10-21(19)25(16)23(27)18-13-11-17(12-14-18)22(26)24-20-8-3-2-4-9-20/h5-7,10-14,16,20H,2-4,8-9,15H2,1H3,(H,24,26). The number of nitrogens with zero attached hydrogens (tertiary/aromatic N) is 1. The fourth-order valence-electron chi connectivity index (χ4n) is 4.29. The first-order valence-corrected chi connectivity index (χ1v) is 9.96. The second-order valence-electron chi connectivity index (χ2n) is 7.74. The molecule has 1 fully saturated rings. The Morgan fingerprint density at radius 2 is 1.59 bits per heavy atom. The van der Waals surface area contributed by atoms with E-state index in [1.165, 1.54) is 24.8 Å². The number of carbonyl (C=O) groups is 2. The summed E-state index contributed by atoms with van der Waals surface area (Å²) >= 11 is 0. The second-order valence-corrected chi connectivity index (χ2v) is 7.74. The van der Waals surface area contributed by atoms with Gasteiger partial charge < -0.3 is 10.2 Å². The lowest BCUT2D eigenvalue weighted by Crippen LogP contribution is -2.36. The molecule has 27 heavy (non-hydrogen) atoms. The average molecular weight is 362 g/mol. The van der Waals surface area contributed by atoms with E-state index in [1.54, 1.807) is 24.3 Å². The molecule has 2 aromatic rings. The summed E-state index contributed by atoms with van der Waals surface area (Å²) < 4.78 is 0. The quantitative estimate of drug-likeness (QED) is 0.883. The first-order valence-electron chi connectivity index (χ1n) is 9.96. The molecule has 2 aliphatic rings. The molecule has 2 aromatic carbocycles. The molecule has 2 amide bonds. The Morgan fingerprint density at radius 3 is 2.33 bits per heavy atom. The smallest absolute Gasteiger partial charge is 0.258 e. The van der Waals surface area contributed by atoms with Gasteiger partial charge >= 0.3 is 0 Å². The van der Waals surface area contributed by atoms with Crippen molar-refractivity contribution in [2.75, 3.05) is 4.90 Å². The van der Waals surface area contributed by atoms with E-state index in [0.717, 1.165) is 24.9 Å². The Hall–Kier alpha value is -2.62. The van der Waals surface area contributed by atoms with Crippen LogP contribution in [0.2, 0.25) is 0 Å². The van der Waals surface area contributed by atoms with Crippen LogP contribution in [0.15, 0.2) is 48.5 Å². The highest BCUT2D eigenvalue weighted by atomic mass is 16.2. The van der Waals surface area contributed by atoms with Gasteiger partial charge in [-0.25, -0.2) is 0 Å². The van der Waals surface area contributed by atoms with Gasteiger partial charge in [0.2, 0.25) is 0 Å². The van der Waals surface area contributed by atoms with Gasteiger partial charge in [-0.1, -0.05) is 37.5 Å². The van der Waals surface area contributed by atoms with Gasteiger partial charge in [-0.2, -0.15) is 0 Å². The summed E-state index contributed by atoms with van der Waals surface area (Å²) in [7, 11) is 0. The van der Waals surface area contributed by atoms with Gasteiger partial charge in [-0.3, -0.25) is 9.59 Å². The van der Waals surface area contributed by atoms with Crippen molar-refractivity contribution in [3.8, 4) is 0 Å². The Kier molecular flexibility index (Phi) is 4.97. The van der Waals surface area contributed by atoms with Crippen molar-refractivity contribution >= 4 is 17.5 Å². The predicted molar refractivity (Wildman–Crippen MR) is 107 cm³/mol. The summed E-state index contributed by atoms with van der Waals surface area (Å²) in [5.74, 6) is -0.0486. The van der Waals surface area contributed by atoms with Gasteiger partial charge in [-0.15, -0.1) is 0 Å². The van der Waals surface area contributed by atoms with Crippen LogP contribution in [-0.2, 0) is 6.42 Å². The van der Waals surface area contributed by atoms with Crippen molar-refractivity contribution in [1.29, 1.82) is 0 Å². The van der Waals surface area contributed by atoms with Gasteiger partial charge in [0, 0.05) is 28.9 Å². The van der Waals surface area contributed by atoms with Crippen molar-refractivity contribution in [3.63, 3.8) is 0 Å². The third kappa shape index (κ3) is 3.61. The maximum absolute atomic E-state index is 13.0. The van der Waals surface area contributed by atoms with E-state index in [4.69, 9.17) is 0 Å². The van der Waals surface area contributed by atoms with Gasteiger partial charge in [0.1, 0.15) is 0 Å². The second kappa shape index (κ2) is 7.55. The molecule has 140 valence electrons. The van der Waals surface area contributed by atoms with E-state index in [9.17, 15) is 9.59 Å². The van der Waals surface area contributed by atoms with Gasteiger partial charge in [0.15, 0.2) is 0 Å². The zero-order chi connectivity index (χ0) is 18.8. The lowest BCUT2D eigenvalue weighted by Gasteiger charge is -2.23. The largest absolute Gasteiger partial charge is 0.349 e. The number of nitrogens with one attached hydrogen (secondary N) is 1. The van der Waals surface area contributed by atoms with Crippen molar-refractivity contribution in [3.05, 3.63) is 65.2 Å². The van der Waals surface area contributed by atoms with Crippen LogP contribution in [0.5, 0.6) is 0 Å². The number of benzene rings is 2. The molecule has 1 aliphatic carbocycles. The fraction of sp³-hybridized carbons (Fsp3) is 0.391. The summed E-state index contributed by atoms with van der Waals surface area (Å²) in [6.45, 7) is 2.07. The van der Waals surface area contributed by atoms with Crippen LogP contribution in [0.25, 0.3) is 0 Å². The molecule has 1 aliphatic heterocycles. The molecule has 4 heteroatoms. The molecule has 0 spiro atoms. The highest BCUT2D eigenvalue weighted by Crippen LogP contribution is 2.33. The molecule has 1 saturated carbocycles. The van der Waals surface area contributed by atoms with Gasteiger partial charge in [-0.05, 0) is 62.1 Å². The van der Waals surface area contributed by atoms with Crippen LogP contribution in [0.1, 0.15) is 65.3 Å². The Labute approximate surface area is 160 Å². The highest BCUT2D eigenvalue weighted by molar-refractivity contribution is 6.08. The lowest BCUT2D eigenvalue weighted by atomic mass is 9.95. The molecule has 1 N–H and O–H groups in total. The summed E-state index contributed by atoms with van der Waals surface area (Å²) in [4.78, 5) is 27.4. The van der Waals surface area contributed by atoms with Crippen LogP contribution in [-0.4, -0.2) is 23.9 Å².